The van der Waals surface area contributed by atoms with Crippen LogP contribution in [0.25, 0.3) is 39.1 Å². The van der Waals surface area contributed by atoms with Crippen molar-refractivity contribution in [2.24, 2.45) is 0 Å². The number of hydrogen-bond donors (Lipinski definition) is 3. The highest BCUT2D eigenvalue weighted by Crippen LogP contribution is 2.43. The van der Waals surface area contributed by atoms with E-state index in [0.29, 0.717) is 11.2 Å². The number of aromatic nitrogens is 5. The summed E-state index contributed by atoms with van der Waals surface area (Å²) in [5, 5.41) is 23.6. The molecule has 0 radical (unpaired) electrons. The SMILES string of the molecule is CCC(CC)c1c2c(-c3ccc(=O)[nH]c3)n[nH]c2c(O)n1-c1ccc(-c2ccon2)cc1. The third kappa shape index (κ3) is 3.11. The zero-order valence-corrected chi connectivity index (χ0v) is 17.8. The molecule has 0 aliphatic rings. The number of fused-ring (bicyclic) bond motifs is 1. The fourth-order valence-corrected chi connectivity index (χ4v) is 4.32. The van der Waals surface area contributed by atoms with Gasteiger partial charge in [-0.1, -0.05) is 31.1 Å². The van der Waals surface area contributed by atoms with Crippen molar-refractivity contribution in [1.82, 2.24) is 24.9 Å². The largest absolute Gasteiger partial charge is 0.493 e. The second-order valence-corrected chi connectivity index (χ2v) is 7.75. The molecule has 0 spiro atoms. The second-order valence-electron chi connectivity index (χ2n) is 7.75. The fraction of sp³-hybridized carbons (Fsp3) is 0.208. The maximum Gasteiger partial charge on any atom is 0.247 e. The first-order chi connectivity index (χ1) is 15.6. The van der Waals surface area contributed by atoms with Crippen LogP contribution >= 0.6 is 0 Å². The molecule has 0 fully saturated rings. The molecule has 32 heavy (non-hydrogen) atoms. The predicted octanol–water partition coefficient (Wildman–Crippen LogP) is 4.97. The maximum atomic E-state index is 11.5. The second kappa shape index (κ2) is 7.88. The maximum absolute atomic E-state index is 11.5. The summed E-state index contributed by atoms with van der Waals surface area (Å²) >= 11 is 0. The summed E-state index contributed by atoms with van der Waals surface area (Å²) in [6.45, 7) is 4.28. The first-order valence-electron chi connectivity index (χ1n) is 10.6. The van der Waals surface area contributed by atoms with Crippen molar-refractivity contribution in [3.05, 3.63) is 71.0 Å². The van der Waals surface area contributed by atoms with E-state index in [1.54, 1.807) is 18.5 Å². The Labute approximate surface area is 183 Å². The van der Waals surface area contributed by atoms with Gasteiger partial charge >= 0.3 is 0 Å². The number of hydrogen-bond acceptors (Lipinski definition) is 5. The lowest BCUT2D eigenvalue weighted by Gasteiger charge is -2.18. The van der Waals surface area contributed by atoms with Crippen molar-refractivity contribution < 1.29 is 9.63 Å². The molecule has 0 saturated heterocycles. The number of pyridine rings is 1. The lowest BCUT2D eigenvalue weighted by Crippen LogP contribution is -2.06. The van der Waals surface area contributed by atoms with E-state index in [2.05, 4.69) is 34.2 Å². The van der Waals surface area contributed by atoms with Crippen LogP contribution in [0.2, 0.25) is 0 Å². The molecule has 8 nitrogen and oxygen atoms in total. The van der Waals surface area contributed by atoms with Crippen molar-refractivity contribution in [2.75, 3.05) is 0 Å². The molecule has 0 aliphatic carbocycles. The minimum Gasteiger partial charge on any atom is -0.493 e. The summed E-state index contributed by atoms with van der Waals surface area (Å²) in [7, 11) is 0. The molecule has 5 rings (SSSR count). The normalized spacial score (nSPS) is 11.6. The molecule has 0 atom stereocenters. The molecule has 0 amide bonds. The lowest BCUT2D eigenvalue weighted by atomic mass is 9.95. The molecule has 3 N–H and O–H groups in total. The first-order valence-corrected chi connectivity index (χ1v) is 10.6. The van der Waals surface area contributed by atoms with Gasteiger partial charge < -0.3 is 14.6 Å². The molecule has 5 aromatic rings. The van der Waals surface area contributed by atoms with Crippen LogP contribution in [-0.2, 0) is 0 Å². The van der Waals surface area contributed by atoms with E-state index in [1.165, 1.54) is 6.07 Å². The van der Waals surface area contributed by atoms with Gasteiger partial charge in [-0.15, -0.1) is 0 Å². The molecule has 0 bridgehead atoms. The third-order valence-electron chi connectivity index (χ3n) is 5.99. The molecule has 162 valence electrons. The van der Waals surface area contributed by atoms with E-state index in [4.69, 9.17) is 4.52 Å². The van der Waals surface area contributed by atoms with Gasteiger partial charge in [0.15, 0.2) is 0 Å². The van der Waals surface area contributed by atoms with E-state index in [1.807, 2.05) is 34.9 Å². The van der Waals surface area contributed by atoms with Gasteiger partial charge in [0.25, 0.3) is 0 Å². The molecule has 0 unspecified atom stereocenters. The van der Waals surface area contributed by atoms with Crippen molar-refractivity contribution in [2.45, 2.75) is 32.6 Å². The lowest BCUT2D eigenvalue weighted by molar-refractivity contribution is 0.422. The van der Waals surface area contributed by atoms with Gasteiger partial charge in [0, 0.05) is 40.8 Å². The van der Waals surface area contributed by atoms with Gasteiger partial charge in [-0.2, -0.15) is 5.10 Å². The summed E-state index contributed by atoms with van der Waals surface area (Å²) in [6, 6.07) is 12.9. The van der Waals surface area contributed by atoms with Gasteiger partial charge in [0.2, 0.25) is 11.4 Å². The molecule has 4 aromatic heterocycles. The molecular formula is C24H23N5O3. The Balaban J connectivity index is 1.73. The highest BCUT2D eigenvalue weighted by molar-refractivity contribution is 5.99. The number of aromatic hydroxyl groups is 1. The molecular weight excluding hydrogens is 406 g/mol. The van der Waals surface area contributed by atoms with E-state index < -0.39 is 0 Å². The van der Waals surface area contributed by atoms with Crippen LogP contribution in [0.1, 0.15) is 38.3 Å². The summed E-state index contributed by atoms with van der Waals surface area (Å²) in [5.74, 6) is 0.312. The smallest absolute Gasteiger partial charge is 0.247 e. The predicted molar refractivity (Wildman–Crippen MR) is 122 cm³/mol. The fourth-order valence-electron chi connectivity index (χ4n) is 4.32. The molecule has 8 heteroatoms. The summed E-state index contributed by atoms with van der Waals surface area (Å²) in [5.41, 5.74) is 5.40. The van der Waals surface area contributed by atoms with Crippen molar-refractivity contribution in [3.8, 4) is 34.1 Å². The minimum atomic E-state index is -0.173. The van der Waals surface area contributed by atoms with Gasteiger partial charge in [-0.3, -0.25) is 14.5 Å². The standard InChI is InChI=1S/C24H23N5O3/c1-3-14(4-2)23-20-21(16-7-10-19(30)25-13-16)26-27-22(20)24(31)29(23)17-8-5-15(6-9-17)18-11-12-32-28-18/h5-14,27,31H,3-4H2,1-2H3,(H,25,30). The highest BCUT2D eigenvalue weighted by Gasteiger charge is 2.27. The monoisotopic (exact) mass is 429 g/mol. The number of rotatable bonds is 6. The Hall–Kier alpha value is -4.07. The van der Waals surface area contributed by atoms with Crippen LogP contribution in [0.15, 0.2) is 64.2 Å². The van der Waals surface area contributed by atoms with Gasteiger partial charge in [0.1, 0.15) is 23.2 Å². The quantitative estimate of drug-likeness (QED) is 0.353. The summed E-state index contributed by atoms with van der Waals surface area (Å²) in [6.07, 6.45) is 5.00. The van der Waals surface area contributed by atoms with Crippen LogP contribution in [-0.4, -0.2) is 30.0 Å². The van der Waals surface area contributed by atoms with E-state index >= 15 is 0 Å². The minimum absolute atomic E-state index is 0.110. The third-order valence-corrected chi connectivity index (χ3v) is 5.99. The molecule has 1 aromatic carbocycles. The average molecular weight is 429 g/mol. The van der Waals surface area contributed by atoms with E-state index in [-0.39, 0.29) is 17.4 Å². The number of H-pyrrole nitrogens is 2. The number of nitrogens with one attached hydrogen (secondary N) is 2. The summed E-state index contributed by atoms with van der Waals surface area (Å²) in [4.78, 5) is 14.3. The number of benzene rings is 1. The van der Waals surface area contributed by atoms with Gasteiger partial charge in [0.05, 0.1) is 5.39 Å². The Morgan fingerprint density at radius 2 is 1.81 bits per heavy atom. The first kappa shape index (κ1) is 19.9. The number of nitrogens with zero attached hydrogens (tertiary/aromatic N) is 3. The highest BCUT2D eigenvalue weighted by atomic mass is 16.5. The molecule has 0 aliphatic heterocycles. The summed E-state index contributed by atoms with van der Waals surface area (Å²) < 4.78 is 6.84. The van der Waals surface area contributed by atoms with Crippen LogP contribution in [0, 0.1) is 0 Å². The van der Waals surface area contributed by atoms with Gasteiger partial charge in [-0.05, 0) is 37.0 Å². The van der Waals surface area contributed by atoms with E-state index in [0.717, 1.165) is 46.4 Å². The average Bonchev–Trinajstić information content (AvgIpc) is 3.55. The van der Waals surface area contributed by atoms with Crippen molar-refractivity contribution in [1.29, 1.82) is 0 Å². The zero-order valence-electron chi connectivity index (χ0n) is 17.8. The van der Waals surface area contributed by atoms with Crippen molar-refractivity contribution >= 4 is 10.9 Å². The van der Waals surface area contributed by atoms with Crippen LogP contribution in [0.4, 0.5) is 0 Å². The van der Waals surface area contributed by atoms with Crippen LogP contribution in [0.3, 0.4) is 0 Å². The Kier molecular flexibility index (Phi) is 4.89. The molecule has 0 saturated carbocycles. The topological polar surface area (TPSA) is 113 Å². The Bertz CT molecular complexity index is 1400. The zero-order chi connectivity index (χ0) is 22.2. The van der Waals surface area contributed by atoms with Crippen LogP contribution < -0.4 is 5.56 Å². The molecule has 4 heterocycles. The Morgan fingerprint density at radius 3 is 2.44 bits per heavy atom. The van der Waals surface area contributed by atoms with Gasteiger partial charge in [-0.25, -0.2) is 0 Å². The van der Waals surface area contributed by atoms with E-state index in [9.17, 15) is 9.90 Å². The van der Waals surface area contributed by atoms with Crippen molar-refractivity contribution in [3.63, 3.8) is 0 Å². The number of aromatic amines is 2. The van der Waals surface area contributed by atoms with Crippen LogP contribution in [0.5, 0.6) is 5.88 Å². The Morgan fingerprint density at radius 1 is 1.06 bits per heavy atom.